The third-order valence-electron chi connectivity index (χ3n) is 3.68. The number of amides is 1. The minimum Gasteiger partial charge on any atom is -0.465 e. The molecule has 0 radical (unpaired) electrons. The first kappa shape index (κ1) is 15.0. The number of rotatable bonds is 3. The van der Waals surface area contributed by atoms with Crippen LogP contribution in [0, 0.1) is 5.82 Å². The van der Waals surface area contributed by atoms with Crippen LogP contribution in [-0.4, -0.2) is 39.0 Å². The van der Waals surface area contributed by atoms with Gasteiger partial charge in [-0.15, -0.1) is 0 Å². The van der Waals surface area contributed by atoms with Gasteiger partial charge in [-0.25, -0.2) is 14.0 Å². The summed E-state index contributed by atoms with van der Waals surface area (Å²) in [5, 5.41) is 13.3. The fraction of sp³-hybridized carbons (Fsp3) is 0.267. The van der Waals surface area contributed by atoms with Crippen LogP contribution in [0.5, 0.6) is 0 Å². The van der Waals surface area contributed by atoms with E-state index in [1.165, 1.54) is 24.1 Å². The van der Waals surface area contributed by atoms with Gasteiger partial charge in [0.05, 0.1) is 38.0 Å². The third kappa shape index (κ3) is 2.87. The fourth-order valence-corrected chi connectivity index (χ4v) is 2.55. The van der Waals surface area contributed by atoms with Crippen molar-refractivity contribution < 1.29 is 23.8 Å². The quantitative estimate of drug-likeness (QED) is 0.873. The van der Waals surface area contributed by atoms with Gasteiger partial charge in [0.25, 0.3) is 0 Å². The van der Waals surface area contributed by atoms with Crippen molar-refractivity contribution in [1.29, 1.82) is 0 Å². The van der Waals surface area contributed by atoms with E-state index in [1.807, 2.05) is 0 Å². The average molecular weight is 319 g/mol. The maximum atomic E-state index is 13.6. The lowest BCUT2D eigenvalue weighted by Gasteiger charge is -2.10. The number of nitrogens with zero attached hydrogens (tertiary/aromatic N) is 3. The minimum absolute atomic E-state index is 0.123. The Morgan fingerprint density at radius 1 is 1.39 bits per heavy atom. The van der Waals surface area contributed by atoms with Crippen molar-refractivity contribution in [2.24, 2.45) is 0 Å². The molecule has 23 heavy (non-hydrogen) atoms. The Hall–Kier alpha value is -2.90. The Bertz CT molecular complexity index is 764. The van der Waals surface area contributed by atoms with Crippen molar-refractivity contribution in [2.45, 2.75) is 19.6 Å². The first-order valence-electron chi connectivity index (χ1n) is 6.87. The summed E-state index contributed by atoms with van der Waals surface area (Å²) in [5.41, 5.74) is 2.13. The molecule has 1 amide bonds. The molecule has 0 bridgehead atoms. The summed E-state index contributed by atoms with van der Waals surface area (Å²) in [7, 11) is 1.20. The molecule has 120 valence electrons. The highest BCUT2D eigenvalue weighted by molar-refractivity contribution is 5.89. The number of halogens is 1. The lowest BCUT2D eigenvalue weighted by atomic mass is 10.1. The largest absolute Gasteiger partial charge is 0.465 e. The summed E-state index contributed by atoms with van der Waals surface area (Å²) in [4.78, 5) is 23.7. The van der Waals surface area contributed by atoms with Crippen LogP contribution in [-0.2, 0) is 24.4 Å². The van der Waals surface area contributed by atoms with Gasteiger partial charge in [0.15, 0.2) is 0 Å². The molecular formula is C15H14FN3O4. The van der Waals surface area contributed by atoms with Crippen LogP contribution in [0.4, 0.5) is 9.18 Å². The maximum absolute atomic E-state index is 13.6. The Morgan fingerprint density at radius 2 is 2.17 bits per heavy atom. The number of hydrogen-bond acceptors (Lipinski definition) is 4. The Kier molecular flexibility index (Phi) is 3.73. The summed E-state index contributed by atoms with van der Waals surface area (Å²) in [6, 6.07) is 4.21. The van der Waals surface area contributed by atoms with Crippen LogP contribution < -0.4 is 0 Å². The number of esters is 1. The normalized spacial score (nSPS) is 13.0. The number of benzene rings is 1. The maximum Gasteiger partial charge on any atom is 0.407 e. The summed E-state index contributed by atoms with van der Waals surface area (Å²) < 4.78 is 19.8. The van der Waals surface area contributed by atoms with Crippen molar-refractivity contribution in [2.75, 3.05) is 7.11 Å². The summed E-state index contributed by atoms with van der Waals surface area (Å²) in [6.45, 7) is 0.917. The smallest absolute Gasteiger partial charge is 0.407 e. The van der Waals surface area contributed by atoms with Gasteiger partial charge >= 0.3 is 12.1 Å². The second kappa shape index (κ2) is 5.71. The van der Waals surface area contributed by atoms with Gasteiger partial charge in [0, 0.05) is 11.8 Å². The van der Waals surface area contributed by atoms with E-state index in [0.717, 1.165) is 5.56 Å². The number of carbonyl (C=O) groups is 2. The Balaban J connectivity index is 1.78. The number of hydrogen-bond donors (Lipinski definition) is 1. The van der Waals surface area contributed by atoms with Gasteiger partial charge < -0.3 is 9.84 Å². The molecule has 0 saturated heterocycles. The molecule has 8 heteroatoms. The van der Waals surface area contributed by atoms with Crippen LogP contribution in [0.1, 0.15) is 27.2 Å². The average Bonchev–Trinajstić information content (AvgIpc) is 3.06. The van der Waals surface area contributed by atoms with Crippen LogP contribution in [0.25, 0.3) is 0 Å². The number of methoxy groups -OCH3 is 1. The lowest BCUT2D eigenvalue weighted by molar-refractivity contribution is 0.0595. The SMILES string of the molecule is COC(=O)c1cc(Cn2cc3c(n2)CN(C(=O)O)C3)ccc1F. The van der Waals surface area contributed by atoms with Gasteiger partial charge in [-0.1, -0.05) is 6.07 Å². The molecule has 7 nitrogen and oxygen atoms in total. The molecule has 1 N–H and O–H groups in total. The van der Waals surface area contributed by atoms with Crippen molar-refractivity contribution in [3.8, 4) is 0 Å². The zero-order chi connectivity index (χ0) is 16.6. The number of carbonyl (C=O) groups excluding carboxylic acids is 1. The van der Waals surface area contributed by atoms with E-state index in [0.29, 0.717) is 24.3 Å². The molecule has 0 fully saturated rings. The van der Waals surface area contributed by atoms with Gasteiger partial charge in [-0.3, -0.25) is 9.58 Å². The predicted molar refractivity (Wildman–Crippen MR) is 76.3 cm³/mol. The minimum atomic E-state index is -0.976. The first-order valence-corrected chi connectivity index (χ1v) is 6.87. The molecule has 0 atom stereocenters. The topological polar surface area (TPSA) is 84.7 Å². The molecule has 0 saturated carbocycles. The molecule has 3 rings (SSSR count). The standard InChI is InChI=1S/C15H14FN3O4/c1-23-14(20)11-4-9(2-3-12(11)16)5-19-7-10-6-18(15(21)22)8-13(10)17-19/h2-4,7H,5-6,8H2,1H3,(H,21,22). The van der Waals surface area contributed by atoms with E-state index < -0.39 is 17.9 Å². The third-order valence-corrected chi connectivity index (χ3v) is 3.68. The number of aromatic nitrogens is 2. The molecule has 0 unspecified atom stereocenters. The molecule has 0 aliphatic carbocycles. The van der Waals surface area contributed by atoms with Crippen LogP contribution in [0.15, 0.2) is 24.4 Å². The van der Waals surface area contributed by atoms with Gasteiger partial charge in [0.2, 0.25) is 0 Å². The molecule has 1 aliphatic heterocycles. The molecule has 1 aliphatic rings. The highest BCUT2D eigenvalue weighted by Crippen LogP contribution is 2.22. The second-order valence-electron chi connectivity index (χ2n) is 5.24. The monoisotopic (exact) mass is 319 g/mol. The van der Waals surface area contributed by atoms with E-state index in [1.54, 1.807) is 16.9 Å². The number of fused-ring (bicyclic) bond motifs is 1. The van der Waals surface area contributed by atoms with Crippen molar-refractivity contribution >= 4 is 12.1 Å². The zero-order valence-electron chi connectivity index (χ0n) is 12.3. The predicted octanol–water partition coefficient (Wildman–Crippen LogP) is 1.85. The summed E-state index contributed by atoms with van der Waals surface area (Å²) in [6.07, 6.45) is 0.787. The summed E-state index contributed by atoms with van der Waals surface area (Å²) >= 11 is 0. The highest BCUT2D eigenvalue weighted by atomic mass is 19.1. The highest BCUT2D eigenvalue weighted by Gasteiger charge is 2.26. The fourth-order valence-electron chi connectivity index (χ4n) is 2.55. The first-order chi connectivity index (χ1) is 11.0. The Labute approximate surface area is 130 Å². The van der Waals surface area contributed by atoms with Crippen molar-refractivity contribution in [1.82, 2.24) is 14.7 Å². The van der Waals surface area contributed by atoms with E-state index in [2.05, 4.69) is 9.84 Å². The van der Waals surface area contributed by atoms with E-state index in [4.69, 9.17) is 5.11 Å². The van der Waals surface area contributed by atoms with E-state index in [9.17, 15) is 14.0 Å². The lowest BCUT2D eigenvalue weighted by Crippen LogP contribution is -2.23. The van der Waals surface area contributed by atoms with Gasteiger partial charge in [-0.05, 0) is 17.7 Å². The van der Waals surface area contributed by atoms with Gasteiger partial charge in [0.1, 0.15) is 5.82 Å². The molecule has 2 heterocycles. The zero-order valence-corrected chi connectivity index (χ0v) is 12.3. The molecule has 1 aromatic carbocycles. The molecule has 2 aromatic rings. The van der Waals surface area contributed by atoms with Crippen LogP contribution in [0.3, 0.4) is 0 Å². The van der Waals surface area contributed by atoms with Crippen molar-refractivity contribution in [3.05, 3.63) is 52.6 Å². The molecule has 1 aromatic heterocycles. The second-order valence-corrected chi connectivity index (χ2v) is 5.24. The Morgan fingerprint density at radius 3 is 2.83 bits per heavy atom. The van der Waals surface area contributed by atoms with Gasteiger partial charge in [-0.2, -0.15) is 5.10 Å². The van der Waals surface area contributed by atoms with Crippen molar-refractivity contribution in [3.63, 3.8) is 0 Å². The van der Waals surface area contributed by atoms with E-state index in [-0.39, 0.29) is 12.1 Å². The number of ether oxygens (including phenoxy) is 1. The molecular weight excluding hydrogens is 305 g/mol. The molecule has 0 spiro atoms. The van der Waals surface area contributed by atoms with Crippen LogP contribution in [0.2, 0.25) is 0 Å². The summed E-state index contributed by atoms with van der Waals surface area (Å²) in [5.74, 6) is -1.37. The number of carboxylic acid groups (broad SMARTS) is 1. The van der Waals surface area contributed by atoms with Crippen LogP contribution >= 0.6 is 0 Å². The van der Waals surface area contributed by atoms with E-state index >= 15 is 0 Å².